The van der Waals surface area contributed by atoms with Gasteiger partial charge in [-0.15, -0.1) is 0 Å². The van der Waals surface area contributed by atoms with E-state index in [-0.39, 0.29) is 24.5 Å². The molecule has 1 aliphatic heterocycles. The van der Waals surface area contributed by atoms with Gasteiger partial charge in [0, 0.05) is 18.4 Å². The van der Waals surface area contributed by atoms with Crippen LogP contribution >= 0.6 is 0 Å². The minimum absolute atomic E-state index is 0.174. The van der Waals surface area contributed by atoms with E-state index in [2.05, 4.69) is 16.0 Å². The van der Waals surface area contributed by atoms with E-state index in [1.165, 1.54) is 5.01 Å². The van der Waals surface area contributed by atoms with E-state index in [0.717, 1.165) is 5.56 Å². The summed E-state index contributed by atoms with van der Waals surface area (Å²) in [6, 6.07) is 15.8. The molecular formula is C19H18N4O3. The van der Waals surface area contributed by atoms with Crippen LogP contribution in [-0.2, 0) is 9.59 Å². The standard InChI is InChI=1S/C19H18N4O3/c1-13-7-9-14(10-8-13)18(25)20-21-19(26)16-11-12-17(24)23(22-16)15-5-3-2-4-6-15/h2-10H,11-12H2,1H3,(H,20,25)(H,21,26). The molecule has 0 spiro atoms. The fraction of sp³-hybridized carbons (Fsp3) is 0.158. The monoisotopic (exact) mass is 350 g/mol. The summed E-state index contributed by atoms with van der Waals surface area (Å²) in [5.41, 5.74) is 6.94. The van der Waals surface area contributed by atoms with Crippen molar-refractivity contribution in [1.29, 1.82) is 0 Å². The van der Waals surface area contributed by atoms with Crippen LogP contribution in [0.1, 0.15) is 28.8 Å². The highest BCUT2D eigenvalue weighted by molar-refractivity contribution is 6.40. The van der Waals surface area contributed by atoms with Gasteiger partial charge in [-0.25, -0.2) is 5.01 Å². The highest BCUT2D eigenvalue weighted by Crippen LogP contribution is 2.19. The first-order chi connectivity index (χ1) is 12.5. The van der Waals surface area contributed by atoms with Crippen LogP contribution in [0.4, 0.5) is 5.69 Å². The third-order valence-electron chi connectivity index (χ3n) is 3.90. The maximum Gasteiger partial charge on any atom is 0.285 e. The number of nitrogens with zero attached hydrogens (tertiary/aromatic N) is 2. The largest absolute Gasteiger partial charge is 0.285 e. The first-order valence-corrected chi connectivity index (χ1v) is 8.17. The average molecular weight is 350 g/mol. The highest BCUT2D eigenvalue weighted by Gasteiger charge is 2.25. The lowest BCUT2D eigenvalue weighted by Gasteiger charge is -2.23. The Labute approximate surface area is 150 Å². The molecule has 0 radical (unpaired) electrons. The quantitative estimate of drug-likeness (QED) is 0.829. The van der Waals surface area contributed by atoms with E-state index >= 15 is 0 Å². The van der Waals surface area contributed by atoms with Crippen LogP contribution in [0.5, 0.6) is 0 Å². The fourth-order valence-electron chi connectivity index (χ4n) is 2.45. The topological polar surface area (TPSA) is 90.9 Å². The maximum atomic E-state index is 12.3. The normalized spacial score (nSPS) is 13.8. The molecule has 3 rings (SSSR count). The molecule has 2 aromatic carbocycles. The van der Waals surface area contributed by atoms with Gasteiger partial charge in [-0.05, 0) is 31.2 Å². The lowest BCUT2D eigenvalue weighted by Crippen LogP contribution is -2.47. The number of carbonyl (C=O) groups is 3. The molecule has 0 aliphatic carbocycles. The zero-order valence-corrected chi connectivity index (χ0v) is 14.2. The van der Waals surface area contributed by atoms with Crippen LogP contribution in [0.3, 0.4) is 0 Å². The van der Waals surface area contributed by atoms with Crippen LogP contribution in [0.25, 0.3) is 0 Å². The van der Waals surface area contributed by atoms with Crippen molar-refractivity contribution in [2.45, 2.75) is 19.8 Å². The third-order valence-corrected chi connectivity index (χ3v) is 3.90. The summed E-state index contributed by atoms with van der Waals surface area (Å²) in [6.07, 6.45) is 0.390. The Bertz CT molecular complexity index is 860. The smallest absolute Gasteiger partial charge is 0.273 e. The van der Waals surface area contributed by atoms with Crippen molar-refractivity contribution in [2.75, 3.05) is 5.01 Å². The highest BCUT2D eigenvalue weighted by atomic mass is 16.2. The maximum absolute atomic E-state index is 12.3. The van der Waals surface area contributed by atoms with Crippen molar-refractivity contribution < 1.29 is 14.4 Å². The number of benzene rings is 2. The molecule has 132 valence electrons. The number of anilines is 1. The van der Waals surface area contributed by atoms with Gasteiger partial charge in [-0.3, -0.25) is 25.2 Å². The molecule has 3 amide bonds. The number of para-hydroxylation sites is 1. The Morgan fingerprint density at radius 1 is 0.923 bits per heavy atom. The van der Waals surface area contributed by atoms with Gasteiger partial charge in [0.15, 0.2) is 0 Å². The minimum Gasteiger partial charge on any atom is -0.273 e. The summed E-state index contributed by atoms with van der Waals surface area (Å²) in [7, 11) is 0. The summed E-state index contributed by atoms with van der Waals surface area (Å²) in [5, 5.41) is 5.34. The van der Waals surface area contributed by atoms with E-state index < -0.39 is 11.8 Å². The molecule has 0 saturated heterocycles. The Kier molecular flexibility index (Phi) is 5.07. The van der Waals surface area contributed by atoms with Crippen molar-refractivity contribution in [3.8, 4) is 0 Å². The molecule has 0 aromatic heterocycles. The van der Waals surface area contributed by atoms with E-state index in [0.29, 0.717) is 11.3 Å². The average Bonchev–Trinajstić information content (AvgIpc) is 2.67. The number of amides is 3. The van der Waals surface area contributed by atoms with Gasteiger partial charge in [-0.1, -0.05) is 35.9 Å². The summed E-state index contributed by atoms with van der Waals surface area (Å²) < 4.78 is 0. The molecule has 2 N–H and O–H groups in total. The van der Waals surface area contributed by atoms with E-state index in [9.17, 15) is 14.4 Å². The van der Waals surface area contributed by atoms with Crippen LogP contribution in [0, 0.1) is 6.92 Å². The van der Waals surface area contributed by atoms with Crippen molar-refractivity contribution >= 4 is 29.1 Å². The molecule has 0 atom stereocenters. The van der Waals surface area contributed by atoms with Gasteiger partial charge in [0.25, 0.3) is 11.8 Å². The molecule has 0 fully saturated rings. The second kappa shape index (κ2) is 7.60. The summed E-state index contributed by atoms with van der Waals surface area (Å²) in [4.78, 5) is 36.4. The van der Waals surface area contributed by atoms with Crippen molar-refractivity contribution in [3.63, 3.8) is 0 Å². The van der Waals surface area contributed by atoms with Gasteiger partial charge in [0.1, 0.15) is 5.71 Å². The SMILES string of the molecule is Cc1ccc(C(=O)NNC(=O)C2=NN(c3ccccc3)C(=O)CC2)cc1. The summed E-state index contributed by atoms with van der Waals surface area (Å²) >= 11 is 0. The predicted molar refractivity (Wildman–Crippen MR) is 97.4 cm³/mol. The fourth-order valence-corrected chi connectivity index (χ4v) is 2.45. The van der Waals surface area contributed by atoms with Crippen LogP contribution < -0.4 is 15.9 Å². The second-order valence-corrected chi connectivity index (χ2v) is 5.86. The first-order valence-electron chi connectivity index (χ1n) is 8.17. The van der Waals surface area contributed by atoms with Crippen molar-refractivity contribution in [1.82, 2.24) is 10.9 Å². The lowest BCUT2D eigenvalue weighted by atomic mass is 10.1. The minimum atomic E-state index is -0.543. The molecular weight excluding hydrogens is 332 g/mol. The van der Waals surface area contributed by atoms with Gasteiger partial charge < -0.3 is 0 Å². The van der Waals surface area contributed by atoms with Gasteiger partial charge >= 0.3 is 0 Å². The molecule has 1 aliphatic rings. The Balaban J connectivity index is 1.66. The van der Waals surface area contributed by atoms with Gasteiger partial charge in [-0.2, -0.15) is 5.10 Å². The predicted octanol–water partition coefficient (Wildman–Crippen LogP) is 1.94. The van der Waals surface area contributed by atoms with Crippen LogP contribution in [0.2, 0.25) is 0 Å². The van der Waals surface area contributed by atoms with E-state index in [1.54, 1.807) is 36.4 Å². The van der Waals surface area contributed by atoms with Gasteiger partial charge in [0.2, 0.25) is 5.91 Å². The number of hydrogen-bond acceptors (Lipinski definition) is 4. The zero-order valence-electron chi connectivity index (χ0n) is 14.2. The number of hydrazone groups is 1. The van der Waals surface area contributed by atoms with Gasteiger partial charge in [0.05, 0.1) is 5.69 Å². The molecule has 1 heterocycles. The number of carbonyl (C=O) groups excluding carboxylic acids is 3. The molecule has 0 unspecified atom stereocenters. The number of aryl methyl sites for hydroxylation is 1. The van der Waals surface area contributed by atoms with Crippen molar-refractivity contribution in [3.05, 3.63) is 65.7 Å². The second-order valence-electron chi connectivity index (χ2n) is 5.86. The number of rotatable bonds is 3. The molecule has 0 bridgehead atoms. The number of hydrazine groups is 1. The number of hydrogen-bond donors (Lipinski definition) is 2. The van der Waals surface area contributed by atoms with E-state index in [1.807, 2.05) is 25.1 Å². The summed E-state index contributed by atoms with van der Waals surface area (Å²) in [5.74, 6) is -1.15. The lowest BCUT2D eigenvalue weighted by molar-refractivity contribution is -0.119. The Morgan fingerprint density at radius 2 is 1.58 bits per heavy atom. The molecule has 0 saturated carbocycles. The summed E-state index contributed by atoms with van der Waals surface area (Å²) in [6.45, 7) is 1.92. The third kappa shape index (κ3) is 3.94. The zero-order chi connectivity index (χ0) is 18.5. The molecule has 26 heavy (non-hydrogen) atoms. The molecule has 2 aromatic rings. The number of nitrogens with one attached hydrogen (secondary N) is 2. The Morgan fingerprint density at radius 3 is 2.27 bits per heavy atom. The van der Waals surface area contributed by atoms with Crippen molar-refractivity contribution in [2.24, 2.45) is 5.10 Å². The Hall–Kier alpha value is -3.48. The van der Waals surface area contributed by atoms with E-state index in [4.69, 9.17) is 0 Å². The van der Waals surface area contributed by atoms with Crippen LogP contribution in [-0.4, -0.2) is 23.4 Å². The van der Waals surface area contributed by atoms with Crippen LogP contribution in [0.15, 0.2) is 59.7 Å². The molecule has 7 heteroatoms. The first kappa shape index (κ1) is 17.3. The molecule has 7 nitrogen and oxygen atoms in total.